The SMILES string of the molecule is CCNC(CCc1ccccc1)C1CCSC1. The Bertz CT molecular complexity index is 306. The van der Waals surface area contributed by atoms with Gasteiger partial charge in [-0.2, -0.15) is 11.8 Å². The Morgan fingerprint density at radius 2 is 2.18 bits per heavy atom. The van der Waals surface area contributed by atoms with Gasteiger partial charge in [0.05, 0.1) is 0 Å². The third-order valence-electron chi connectivity index (χ3n) is 3.59. The van der Waals surface area contributed by atoms with Gasteiger partial charge in [0.25, 0.3) is 0 Å². The molecule has 2 rings (SSSR count). The van der Waals surface area contributed by atoms with Gasteiger partial charge in [0.15, 0.2) is 0 Å². The second kappa shape index (κ2) is 7.07. The summed E-state index contributed by atoms with van der Waals surface area (Å²) in [5.74, 6) is 3.60. The van der Waals surface area contributed by atoms with Gasteiger partial charge in [0.2, 0.25) is 0 Å². The van der Waals surface area contributed by atoms with Crippen LogP contribution in [-0.4, -0.2) is 24.1 Å². The van der Waals surface area contributed by atoms with Gasteiger partial charge in [-0.25, -0.2) is 0 Å². The van der Waals surface area contributed by atoms with Crippen molar-refractivity contribution in [2.45, 2.75) is 32.2 Å². The first-order valence-electron chi connectivity index (χ1n) is 6.75. The number of hydrogen-bond acceptors (Lipinski definition) is 2. The number of rotatable bonds is 6. The maximum absolute atomic E-state index is 3.68. The minimum atomic E-state index is 0.718. The van der Waals surface area contributed by atoms with Crippen LogP contribution in [0.5, 0.6) is 0 Å². The van der Waals surface area contributed by atoms with Crippen LogP contribution in [0.4, 0.5) is 0 Å². The summed E-state index contributed by atoms with van der Waals surface area (Å²) in [4.78, 5) is 0. The Labute approximate surface area is 109 Å². The Balaban J connectivity index is 1.84. The Morgan fingerprint density at radius 3 is 2.82 bits per heavy atom. The molecule has 1 nitrogen and oxygen atoms in total. The zero-order valence-corrected chi connectivity index (χ0v) is 11.5. The zero-order chi connectivity index (χ0) is 11.9. The van der Waals surface area contributed by atoms with E-state index in [0.717, 1.165) is 18.5 Å². The van der Waals surface area contributed by atoms with Crippen molar-refractivity contribution in [1.29, 1.82) is 0 Å². The third-order valence-corrected chi connectivity index (χ3v) is 4.78. The molecular formula is C15H23NS. The average Bonchev–Trinajstić information content (AvgIpc) is 2.89. The maximum atomic E-state index is 3.68. The average molecular weight is 249 g/mol. The van der Waals surface area contributed by atoms with E-state index in [9.17, 15) is 0 Å². The molecule has 1 saturated heterocycles. The lowest BCUT2D eigenvalue weighted by atomic mass is 9.93. The predicted molar refractivity (Wildman–Crippen MR) is 77.7 cm³/mol. The summed E-state index contributed by atoms with van der Waals surface area (Å²) in [5, 5.41) is 3.68. The Morgan fingerprint density at radius 1 is 1.35 bits per heavy atom. The minimum absolute atomic E-state index is 0.718. The van der Waals surface area contributed by atoms with Crippen molar-refractivity contribution in [3.05, 3.63) is 35.9 Å². The number of nitrogens with one attached hydrogen (secondary N) is 1. The molecule has 1 fully saturated rings. The zero-order valence-electron chi connectivity index (χ0n) is 10.7. The summed E-state index contributed by atoms with van der Waals surface area (Å²) in [6.07, 6.45) is 3.89. The van der Waals surface area contributed by atoms with E-state index in [2.05, 4.69) is 54.3 Å². The van der Waals surface area contributed by atoms with E-state index in [-0.39, 0.29) is 0 Å². The molecule has 0 radical (unpaired) electrons. The van der Waals surface area contributed by atoms with Crippen LogP contribution in [0.1, 0.15) is 25.3 Å². The lowest BCUT2D eigenvalue weighted by Gasteiger charge is -2.23. The fourth-order valence-electron chi connectivity index (χ4n) is 2.60. The second-order valence-electron chi connectivity index (χ2n) is 4.81. The van der Waals surface area contributed by atoms with Crippen molar-refractivity contribution in [1.82, 2.24) is 5.32 Å². The predicted octanol–water partition coefficient (Wildman–Crippen LogP) is 3.35. The smallest absolute Gasteiger partial charge is 0.0107 e. The Hall–Kier alpha value is -0.470. The van der Waals surface area contributed by atoms with Gasteiger partial charge in [-0.3, -0.25) is 0 Å². The van der Waals surface area contributed by atoms with Crippen LogP contribution in [-0.2, 0) is 6.42 Å². The molecule has 2 unspecified atom stereocenters. The summed E-state index contributed by atoms with van der Waals surface area (Å²) in [7, 11) is 0. The number of thioether (sulfide) groups is 1. The highest BCUT2D eigenvalue weighted by Crippen LogP contribution is 2.28. The van der Waals surface area contributed by atoms with Gasteiger partial charge >= 0.3 is 0 Å². The van der Waals surface area contributed by atoms with Gasteiger partial charge in [-0.05, 0) is 48.8 Å². The number of benzene rings is 1. The molecule has 2 atom stereocenters. The number of hydrogen-bond donors (Lipinski definition) is 1. The Kier molecular flexibility index (Phi) is 5.40. The second-order valence-corrected chi connectivity index (χ2v) is 5.96. The number of aryl methyl sites for hydroxylation is 1. The molecular weight excluding hydrogens is 226 g/mol. The summed E-state index contributed by atoms with van der Waals surface area (Å²) in [5.41, 5.74) is 1.47. The van der Waals surface area contributed by atoms with Crippen LogP contribution in [0.25, 0.3) is 0 Å². The van der Waals surface area contributed by atoms with E-state index >= 15 is 0 Å². The van der Waals surface area contributed by atoms with Crippen LogP contribution in [0.15, 0.2) is 30.3 Å². The monoisotopic (exact) mass is 249 g/mol. The van der Waals surface area contributed by atoms with Crippen molar-refractivity contribution >= 4 is 11.8 Å². The van der Waals surface area contributed by atoms with Crippen LogP contribution in [0.3, 0.4) is 0 Å². The first kappa shape index (κ1) is 13.0. The van der Waals surface area contributed by atoms with E-state index in [4.69, 9.17) is 0 Å². The van der Waals surface area contributed by atoms with Crippen molar-refractivity contribution < 1.29 is 0 Å². The quantitative estimate of drug-likeness (QED) is 0.830. The molecule has 1 aliphatic heterocycles. The van der Waals surface area contributed by atoms with E-state index < -0.39 is 0 Å². The van der Waals surface area contributed by atoms with E-state index in [1.165, 1.54) is 36.3 Å². The topological polar surface area (TPSA) is 12.0 Å². The molecule has 17 heavy (non-hydrogen) atoms. The molecule has 1 aromatic carbocycles. The molecule has 1 heterocycles. The molecule has 1 aliphatic rings. The minimum Gasteiger partial charge on any atom is -0.314 e. The highest BCUT2D eigenvalue weighted by molar-refractivity contribution is 7.99. The normalized spacial score (nSPS) is 21.6. The van der Waals surface area contributed by atoms with Crippen LogP contribution in [0, 0.1) is 5.92 Å². The van der Waals surface area contributed by atoms with Gasteiger partial charge in [0.1, 0.15) is 0 Å². The summed E-state index contributed by atoms with van der Waals surface area (Å²) in [6, 6.07) is 11.6. The first-order valence-corrected chi connectivity index (χ1v) is 7.90. The molecule has 0 amide bonds. The molecule has 0 spiro atoms. The molecule has 0 aromatic heterocycles. The van der Waals surface area contributed by atoms with Gasteiger partial charge < -0.3 is 5.32 Å². The maximum Gasteiger partial charge on any atom is 0.0107 e. The molecule has 1 aromatic rings. The summed E-state index contributed by atoms with van der Waals surface area (Å²) >= 11 is 2.12. The van der Waals surface area contributed by atoms with Gasteiger partial charge in [0, 0.05) is 6.04 Å². The fraction of sp³-hybridized carbons (Fsp3) is 0.600. The van der Waals surface area contributed by atoms with Crippen molar-refractivity contribution in [2.24, 2.45) is 5.92 Å². The fourth-order valence-corrected chi connectivity index (χ4v) is 3.94. The van der Waals surface area contributed by atoms with Crippen LogP contribution >= 0.6 is 11.8 Å². The highest BCUT2D eigenvalue weighted by Gasteiger charge is 2.24. The molecule has 94 valence electrons. The van der Waals surface area contributed by atoms with E-state index in [0.29, 0.717) is 0 Å². The summed E-state index contributed by atoms with van der Waals surface area (Å²) < 4.78 is 0. The molecule has 0 aliphatic carbocycles. The van der Waals surface area contributed by atoms with Crippen molar-refractivity contribution in [3.8, 4) is 0 Å². The lowest BCUT2D eigenvalue weighted by molar-refractivity contribution is 0.369. The first-order chi connectivity index (χ1) is 8.40. The molecule has 1 N–H and O–H groups in total. The molecule has 0 bridgehead atoms. The van der Waals surface area contributed by atoms with Crippen molar-refractivity contribution in [3.63, 3.8) is 0 Å². The van der Waals surface area contributed by atoms with Gasteiger partial charge in [-0.1, -0.05) is 37.3 Å². The molecule has 0 saturated carbocycles. The van der Waals surface area contributed by atoms with E-state index in [1.54, 1.807) is 0 Å². The molecule has 2 heteroatoms. The third kappa shape index (κ3) is 4.04. The van der Waals surface area contributed by atoms with E-state index in [1.807, 2.05) is 0 Å². The summed E-state index contributed by atoms with van der Waals surface area (Å²) in [6.45, 7) is 3.32. The van der Waals surface area contributed by atoms with Crippen LogP contribution < -0.4 is 5.32 Å². The lowest BCUT2D eigenvalue weighted by Crippen LogP contribution is -2.36. The largest absolute Gasteiger partial charge is 0.314 e. The van der Waals surface area contributed by atoms with Gasteiger partial charge in [-0.15, -0.1) is 0 Å². The van der Waals surface area contributed by atoms with Crippen LogP contribution in [0.2, 0.25) is 0 Å². The van der Waals surface area contributed by atoms with Crippen molar-refractivity contribution in [2.75, 3.05) is 18.1 Å². The standard InChI is InChI=1S/C15H23NS/c1-2-16-15(14-10-11-17-12-14)9-8-13-6-4-3-5-7-13/h3-7,14-16H,2,8-12H2,1H3. The highest BCUT2D eigenvalue weighted by atomic mass is 32.2.